The lowest BCUT2D eigenvalue weighted by molar-refractivity contribution is -0.138. The second-order valence-corrected chi connectivity index (χ2v) is 5.15. The van der Waals surface area contributed by atoms with Crippen molar-refractivity contribution in [3.63, 3.8) is 0 Å². The Morgan fingerprint density at radius 3 is 2.63 bits per heavy atom. The Hall–Kier alpha value is -1.55. The molecule has 1 unspecified atom stereocenters. The number of methoxy groups -OCH3 is 1. The summed E-state index contributed by atoms with van der Waals surface area (Å²) in [5.74, 6) is 0.0490. The lowest BCUT2D eigenvalue weighted by atomic mass is 9.83. The van der Waals surface area contributed by atoms with Crippen molar-refractivity contribution in [3.05, 3.63) is 29.3 Å². The van der Waals surface area contributed by atoms with Crippen LogP contribution in [0.1, 0.15) is 55.2 Å². The Morgan fingerprint density at radius 1 is 1.37 bits per heavy atom. The molecule has 104 valence electrons. The maximum absolute atomic E-state index is 11.1. The van der Waals surface area contributed by atoms with Crippen LogP contribution in [0, 0.1) is 0 Å². The fourth-order valence-electron chi connectivity index (χ4n) is 2.82. The zero-order valence-corrected chi connectivity index (χ0v) is 11.3. The van der Waals surface area contributed by atoms with Crippen molar-refractivity contribution in [2.75, 3.05) is 7.11 Å². The highest BCUT2D eigenvalue weighted by Crippen LogP contribution is 2.35. The molecule has 0 saturated heterocycles. The van der Waals surface area contributed by atoms with E-state index in [9.17, 15) is 4.79 Å². The number of hydrogen-bond acceptors (Lipinski definition) is 3. The van der Waals surface area contributed by atoms with E-state index in [1.807, 2.05) is 18.2 Å². The van der Waals surface area contributed by atoms with Crippen LogP contribution in [0.25, 0.3) is 0 Å². The summed E-state index contributed by atoms with van der Waals surface area (Å²) in [6, 6.07) is 4.75. The highest BCUT2D eigenvalue weighted by Gasteiger charge is 2.22. The zero-order valence-electron chi connectivity index (χ0n) is 11.3. The minimum atomic E-state index is -1.03. The van der Waals surface area contributed by atoms with E-state index >= 15 is 0 Å². The fraction of sp³-hybridized carbons (Fsp3) is 0.533. The van der Waals surface area contributed by atoms with Crippen molar-refractivity contribution in [1.82, 2.24) is 0 Å². The van der Waals surface area contributed by atoms with Crippen molar-refractivity contribution < 1.29 is 14.6 Å². The molecule has 1 atom stereocenters. The Balaban J connectivity index is 2.31. The maximum Gasteiger partial charge on any atom is 0.325 e. The molecule has 4 heteroatoms. The van der Waals surface area contributed by atoms with Gasteiger partial charge in [0, 0.05) is 5.56 Å². The molecule has 0 aliphatic heterocycles. The average Bonchev–Trinajstić information content (AvgIpc) is 2.46. The van der Waals surface area contributed by atoms with Gasteiger partial charge in [0.2, 0.25) is 0 Å². The third-order valence-electron chi connectivity index (χ3n) is 3.93. The average molecular weight is 263 g/mol. The molecule has 4 nitrogen and oxygen atoms in total. The van der Waals surface area contributed by atoms with Crippen LogP contribution in [0.3, 0.4) is 0 Å². The lowest BCUT2D eigenvalue weighted by Gasteiger charge is -2.23. The van der Waals surface area contributed by atoms with Gasteiger partial charge in [-0.2, -0.15) is 0 Å². The summed E-state index contributed by atoms with van der Waals surface area (Å²) < 4.78 is 5.22. The van der Waals surface area contributed by atoms with Crippen molar-refractivity contribution in [1.29, 1.82) is 0 Å². The van der Waals surface area contributed by atoms with E-state index in [2.05, 4.69) is 0 Å². The van der Waals surface area contributed by atoms with E-state index in [4.69, 9.17) is 15.6 Å². The molecule has 1 fully saturated rings. The van der Waals surface area contributed by atoms with Gasteiger partial charge in [-0.3, -0.25) is 4.79 Å². The van der Waals surface area contributed by atoms with E-state index in [0.29, 0.717) is 17.2 Å². The largest absolute Gasteiger partial charge is 0.496 e. The van der Waals surface area contributed by atoms with E-state index < -0.39 is 12.0 Å². The van der Waals surface area contributed by atoms with Crippen molar-refractivity contribution >= 4 is 5.97 Å². The van der Waals surface area contributed by atoms with Crippen LogP contribution in [0.5, 0.6) is 5.75 Å². The second kappa shape index (κ2) is 6.06. The molecular formula is C15H21NO3. The SMILES string of the molecule is COc1ccc(C2CCCCC2)cc1C(N)C(=O)O. The molecule has 1 aliphatic rings. The number of nitrogens with two attached hydrogens (primary N) is 1. The molecule has 0 spiro atoms. The highest BCUT2D eigenvalue weighted by molar-refractivity contribution is 5.76. The molecular weight excluding hydrogens is 242 g/mol. The summed E-state index contributed by atoms with van der Waals surface area (Å²) in [4.78, 5) is 11.1. The first-order chi connectivity index (χ1) is 9.13. The Labute approximate surface area is 113 Å². The standard InChI is InChI=1S/C15H21NO3/c1-19-13-8-7-11(10-5-3-2-4-6-10)9-12(13)14(16)15(17)18/h7-10,14H,2-6,16H2,1H3,(H,17,18). The highest BCUT2D eigenvalue weighted by atomic mass is 16.5. The van der Waals surface area contributed by atoms with E-state index in [1.54, 1.807) is 0 Å². The van der Waals surface area contributed by atoms with Gasteiger partial charge in [0.15, 0.2) is 0 Å². The van der Waals surface area contributed by atoms with Crippen LogP contribution in [0.2, 0.25) is 0 Å². The van der Waals surface area contributed by atoms with Gasteiger partial charge in [0.1, 0.15) is 11.8 Å². The number of hydrogen-bond donors (Lipinski definition) is 2. The lowest BCUT2D eigenvalue weighted by Crippen LogP contribution is -2.21. The van der Waals surface area contributed by atoms with Crippen LogP contribution >= 0.6 is 0 Å². The molecule has 1 aromatic carbocycles. The van der Waals surface area contributed by atoms with Crippen LogP contribution in [0.15, 0.2) is 18.2 Å². The van der Waals surface area contributed by atoms with Crippen molar-refractivity contribution in [2.24, 2.45) is 5.73 Å². The summed E-state index contributed by atoms with van der Waals surface area (Å²) in [5.41, 5.74) is 7.49. The first-order valence-electron chi connectivity index (χ1n) is 6.79. The zero-order chi connectivity index (χ0) is 13.8. The molecule has 0 radical (unpaired) electrons. The summed E-state index contributed by atoms with van der Waals surface area (Å²) >= 11 is 0. The predicted molar refractivity (Wildman–Crippen MR) is 73.4 cm³/mol. The minimum Gasteiger partial charge on any atom is -0.496 e. The second-order valence-electron chi connectivity index (χ2n) is 5.15. The Bertz CT molecular complexity index is 453. The number of rotatable bonds is 4. The number of benzene rings is 1. The monoisotopic (exact) mass is 263 g/mol. The van der Waals surface area contributed by atoms with Crippen LogP contribution < -0.4 is 10.5 Å². The topological polar surface area (TPSA) is 72.5 Å². The summed E-state index contributed by atoms with van der Waals surface area (Å²) in [6.45, 7) is 0. The number of carboxylic acids is 1. The molecule has 0 bridgehead atoms. The first kappa shape index (κ1) is 13.9. The molecule has 19 heavy (non-hydrogen) atoms. The van der Waals surface area contributed by atoms with E-state index in [-0.39, 0.29) is 0 Å². The number of carbonyl (C=O) groups is 1. The van der Waals surface area contributed by atoms with Gasteiger partial charge in [0.25, 0.3) is 0 Å². The molecule has 0 heterocycles. The Kier molecular flexibility index (Phi) is 4.43. The molecule has 1 saturated carbocycles. The van der Waals surface area contributed by atoms with Crippen molar-refractivity contribution in [2.45, 2.75) is 44.1 Å². The van der Waals surface area contributed by atoms with Crippen LogP contribution in [0.4, 0.5) is 0 Å². The molecule has 1 aliphatic carbocycles. The number of aliphatic carboxylic acids is 1. The molecule has 2 rings (SSSR count). The van der Waals surface area contributed by atoms with Crippen LogP contribution in [-0.4, -0.2) is 18.2 Å². The van der Waals surface area contributed by atoms with Gasteiger partial charge < -0.3 is 15.6 Å². The predicted octanol–water partition coefficient (Wildman–Crippen LogP) is 2.83. The number of ether oxygens (including phenoxy) is 1. The van der Waals surface area contributed by atoms with Gasteiger partial charge in [-0.05, 0) is 36.5 Å². The maximum atomic E-state index is 11.1. The third-order valence-corrected chi connectivity index (χ3v) is 3.93. The fourth-order valence-corrected chi connectivity index (χ4v) is 2.82. The summed E-state index contributed by atoms with van der Waals surface area (Å²) in [7, 11) is 1.54. The van der Waals surface area contributed by atoms with Gasteiger partial charge in [-0.25, -0.2) is 0 Å². The smallest absolute Gasteiger partial charge is 0.325 e. The van der Waals surface area contributed by atoms with Crippen LogP contribution in [-0.2, 0) is 4.79 Å². The first-order valence-corrected chi connectivity index (χ1v) is 6.79. The van der Waals surface area contributed by atoms with Gasteiger partial charge in [0.05, 0.1) is 7.11 Å². The van der Waals surface area contributed by atoms with Gasteiger partial charge in [-0.15, -0.1) is 0 Å². The Morgan fingerprint density at radius 2 is 2.05 bits per heavy atom. The van der Waals surface area contributed by atoms with Crippen molar-refractivity contribution in [3.8, 4) is 5.75 Å². The third kappa shape index (κ3) is 3.07. The van der Waals surface area contributed by atoms with E-state index in [1.165, 1.54) is 44.8 Å². The summed E-state index contributed by atoms with van der Waals surface area (Å²) in [6.07, 6.45) is 6.14. The van der Waals surface area contributed by atoms with Gasteiger partial charge >= 0.3 is 5.97 Å². The molecule has 1 aromatic rings. The molecule has 0 aromatic heterocycles. The molecule has 0 amide bonds. The van der Waals surface area contributed by atoms with Gasteiger partial charge in [-0.1, -0.05) is 25.3 Å². The normalized spacial score (nSPS) is 18.0. The number of carboxylic acid groups (broad SMARTS) is 1. The molecule has 3 N–H and O–H groups in total. The van der Waals surface area contributed by atoms with E-state index in [0.717, 1.165) is 0 Å². The quantitative estimate of drug-likeness (QED) is 0.876. The minimum absolute atomic E-state index is 0.527. The summed E-state index contributed by atoms with van der Waals surface area (Å²) in [5, 5.41) is 9.08.